The highest BCUT2D eigenvalue weighted by Gasteiger charge is 2.12. The summed E-state index contributed by atoms with van der Waals surface area (Å²) < 4.78 is 7.63. The highest BCUT2D eigenvalue weighted by Crippen LogP contribution is 2.21. The third-order valence-electron chi connectivity index (χ3n) is 3.76. The Kier molecular flexibility index (Phi) is 4.26. The zero-order valence-electron chi connectivity index (χ0n) is 14.4. The molecule has 2 heterocycles. The van der Waals surface area contributed by atoms with Gasteiger partial charge in [0.25, 0.3) is 5.56 Å². The first-order valence-corrected chi connectivity index (χ1v) is 9.15. The van der Waals surface area contributed by atoms with Gasteiger partial charge < -0.3 is 4.74 Å². The average molecular weight is 363 g/mol. The van der Waals surface area contributed by atoms with Gasteiger partial charge in [-0.15, -0.1) is 5.10 Å². The van der Waals surface area contributed by atoms with E-state index in [-0.39, 0.29) is 11.7 Å². The first-order valence-electron chi connectivity index (χ1n) is 8.33. The van der Waals surface area contributed by atoms with Crippen LogP contribution in [-0.2, 0) is 0 Å². The van der Waals surface area contributed by atoms with Gasteiger partial charge in [0.2, 0.25) is 4.96 Å². The molecule has 0 aliphatic rings. The third kappa shape index (κ3) is 3.23. The van der Waals surface area contributed by atoms with Crippen LogP contribution < -0.4 is 14.8 Å². The lowest BCUT2D eigenvalue weighted by atomic mass is 10.2. The first kappa shape index (κ1) is 16.5. The number of benzene rings is 2. The minimum atomic E-state index is -0.146. The lowest BCUT2D eigenvalue weighted by Crippen LogP contribution is -2.23. The van der Waals surface area contributed by atoms with E-state index in [9.17, 15) is 4.79 Å². The van der Waals surface area contributed by atoms with Crippen molar-refractivity contribution in [3.63, 3.8) is 0 Å². The molecule has 26 heavy (non-hydrogen) atoms. The van der Waals surface area contributed by atoms with Gasteiger partial charge in [-0.1, -0.05) is 41.7 Å². The predicted molar refractivity (Wildman–Crippen MR) is 104 cm³/mol. The summed E-state index contributed by atoms with van der Waals surface area (Å²) in [5.41, 5.74) is 1.69. The van der Waals surface area contributed by atoms with E-state index in [1.165, 1.54) is 15.9 Å². The van der Waals surface area contributed by atoms with Crippen LogP contribution in [-0.4, -0.2) is 20.7 Å². The smallest absolute Gasteiger partial charge is 0.291 e. The van der Waals surface area contributed by atoms with Gasteiger partial charge in [0.05, 0.1) is 10.6 Å². The Morgan fingerprint density at radius 1 is 1.08 bits per heavy atom. The van der Waals surface area contributed by atoms with Crippen LogP contribution in [0, 0.1) is 0 Å². The van der Waals surface area contributed by atoms with Gasteiger partial charge in [0, 0.05) is 5.56 Å². The molecule has 0 bridgehead atoms. The maximum atomic E-state index is 12.6. The summed E-state index contributed by atoms with van der Waals surface area (Å²) in [6, 6.07) is 17.3. The molecular weight excluding hydrogens is 346 g/mol. The second-order valence-electron chi connectivity index (χ2n) is 6.15. The van der Waals surface area contributed by atoms with Crippen molar-refractivity contribution in [1.82, 2.24) is 14.6 Å². The molecule has 130 valence electrons. The third-order valence-corrected chi connectivity index (χ3v) is 4.72. The highest BCUT2D eigenvalue weighted by molar-refractivity contribution is 7.15. The van der Waals surface area contributed by atoms with Crippen molar-refractivity contribution < 1.29 is 4.74 Å². The fraction of sp³-hybridized carbons (Fsp3) is 0.150. The van der Waals surface area contributed by atoms with E-state index < -0.39 is 0 Å². The number of rotatable bonds is 4. The maximum absolute atomic E-state index is 12.6. The highest BCUT2D eigenvalue weighted by atomic mass is 32.1. The van der Waals surface area contributed by atoms with E-state index in [1.54, 1.807) is 0 Å². The number of aromatic nitrogens is 3. The molecule has 0 N–H and O–H groups in total. The monoisotopic (exact) mass is 363 g/mol. The SMILES string of the molecule is CC(C)Oc1ccc(-c2nc3s/c(=C/c4ccccc4)c(=O)n3n2)cc1. The van der Waals surface area contributed by atoms with Crippen molar-refractivity contribution in [2.45, 2.75) is 20.0 Å². The molecule has 0 spiro atoms. The summed E-state index contributed by atoms with van der Waals surface area (Å²) in [4.78, 5) is 17.7. The van der Waals surface area contributed by atoms with Crippen LogP contribution in [0.1, 0.15) is 19.4 Å². The molecule has 0 aliphatic heterocycles. The molecule has 4 aromatic rings. The van der Waals surface area contributed by atoms with Crippen LogP contribution >= 0.6 is 11.3 Å². The molecule has 0 atom stereocenters. The molecule has 4 rings (SSSR count). The number of hydrogen-bond donors (Lipinski definition) is 0. The van der Waals surface area contributed by atoms with Crippen LogP contribution in [0.3, 0.4) is 0 Å². The van der Waals surface area contributed by atoms with Crippen molar-refractivity contribution in [3.05, 3.63) is 75.0 Å². The fourth-order valence-electron chi connectivity index (χ4n) is 2.61. The predicted octanol–water partition coefficient (Wildman–Crippen LogP) is 3.15. The second-order valence-corrected chi connectivity index (χ2v) is 7.16. The van der Waals surface area contributed by atoms with E-state index in [0.29, 0.717) is 15.3 Å². The molecule has 0 aliphatic carbocycles. The molecule has 0 fully saturated rings. The van der Waals surface area contributed by atoms with E-state index in [2.05, 4.69) is 10.1 Å². The topological polar surface area (TPSA) is 56.5 Å². The van der Waals surface area contributed by atoms with Gasteiger partial charge in [0.15, 0.2) is 5.82 Å². The van der Waals surface area contributed by atoms with Gasteiger partial charge in [-0.2, -0.15) is 9.50 Å². The summed E-state index contributed by atoms with van der Waals surface area (Å²) in [7, 11) is 0. The van der Waals surface area contributed by atoms with Crippen molar-refractivity contribution in [1.29, 1.82) is 0 Å². The molecule has 2 aromatic carbocycles. The Morgan fingerprint density at radius 3 is 2.46 bits per heavy atom. The summed E-state index contributed by atoms with van der Waals surface area (Å²) in [6.07, 6.45) is 1.99. The zero-order valence-corrected chi connectivity index (χ0v) is 15.2. The maximum Gasteiger partial charge on any atom is 0.291 e. The Balaban J connectivity index is 1.69. The molecule has 0 radical (unpaired) electrons. The summed E-state index contributed by atoms with van der Waals surface area (Å²) in [5, 5.41) is 4.38. The largest absolute Gasteiger partial charge is 0.491 e. The normalized spacial score (nSPS) is 12.2. The Hall–Kier alpha value is -2.99. The number of ether oxygens (including phenoxy) is 1. The summed E-state index contributed by atoms with van der Waals surface area (Å²) in [6.45, 7) is 3.97. The van der Waals surface area contributed by atoms with Crippen molar-refractivity contribution in [2.75, 3.05) is 0 Å². The minimum absolute atomic E-state index is 0.124. The van der Waals surface area contributed by atoms with Gasteiger partial charge in [-0.3, -0.25) is 4.79 Å². The molecule has 0 amide bonds. The minimum Gasteiger partial charge on any atom is -0.491 e. The zero-order chi connectivity index (χ0) is 18.1. The molecule has 0 saturated heterocycles. The molecular formula is C20H17N3O2S. The van der Waals surface area contributed by atoms with E-state index in [1.807, 2.05) is 74.5 Å². The fourth-order valence-corrected chi connectivity index (χ4v) is 3.52. The summed E-state index contributed by atoms with van der Waals surface area (Å²) >= 11 is 1.34. The van der Waals surface area contributed by atoms with Gasteiger partial charge in [0.1, 0.15) is 5.75 Å². The van der Waals surface area contributed by atoms with Crippen molar-refractivity contribution >= 4 is 22.4 Å². The number of hydrogen-bond acceptors (Lipinski definition) is 5. The van der Waals surface area contributed by atoms with Crippen LogP contribution in [0.5, 0.6) is 5.75 Å². The number of fused-ring (bicyclic) bond motifs is 1. The first-order chi connectivity index (χ1) is 12.6. The quantitative estimate of drug-likeness (QED) is 0.559. The van der Waals surface area contributed by atoms with Gasteiger partial charge >= 0.3 is 0 Å². The summed E-state index contributed by atoms with van der Waals surface area (Å²) in [5.74, 6) is 1.34. The Bertz CT molecular complexity index is 1150. The van der Waals surface area contributed by atoms with E-state index in [4.69, 9.17) is 4.74 Å². The molecule has 0 saturated carbocycles. The van der Waals surface area contributed by atoms with Gasteiger partial charge in [-0.05, 0) is 49.8 Å². The second kappa shape index (κ2) is 6.72. The van der Waals surface area contributed by atoms with Crippen LogP contribution in [0.2, 0.25) is 0 Å². The number of thiazole rings is 1. The van der Waals surface area contributed by atoms with Crippen LogP contribution in [0.25, 0.3) is 22.4 Å². The van der Waals surface area contributed by atoms with Gasteiger partial charge in [-0.25, -0.2) is 0 Å². The molecule has 0 unspecified atom stereocenters. The average Bonchev–Trinajstić information content (AvgIpc) is 3.16. The number of nitrogens with zero attached hydrogens (tertiary/aromatic N) is 3. The van der Waals surface area contributed by atoms with E-state index in [0.717, 1.165) is 16.9 Å². The molecule has 5 nitrogen and oxygen atoms in total. The van der Waals surface area contributed by atoms with Crippen LogP contribution in [0.15, 0.2) is 59.4 Å². The molecule has 6 heteroatoms. The van der Waals surface area contributed by atoms with Crippen molar-refractivity contribution in [2.24, 2.45) is 0 Å². The van der Waals surface area contributed by atoms with E-state index >= 15 is 0 Å². The van der Waals surface area contributed by atoms with Crippen molar-refractivity contribution in [3.8, 4) is 17.1 Å². The van der Waals surface area contributed by atoms with Crippen LogP contribution in [0.4, 0.5) is 0 Å². The Labute approximate surface area is 154 Å². The lowest BCUT2D eigenvalue weighted by Gasteiger charge is -2.09. The molecule has 2 aromatic heterocycles. The lowest BCUT2D eigenvalue weighted by molar-refractivity contribution is 0.242. The Morgan fingerprint density at radius 2 is 1.81 bits per heavy atom. The standard InChI is InChI=1S/C20H17N3O2S/c1-13(2)25-16-10-8-15(9-11-16)18-21-20-23(22-18)19(24)17(26-20)12-14-6-4-3-5-7-14/h3-13H,1-2H3/b17-12+.